The van der Waals surface area contributed by atoms with Gasteiger partial charge in [-0.2, -0.15) is 0 Å². The SMILES string of the molecule is NC(=O)CCc1cc2c(c3cc(Br)ccc13)=C[N]C(=O)C=2. The van der Waals surface area contributed by atoms with Crippen LogP contribution in [0.25, 0.3) is 23.0 Å². The number of nitrogens with two attached hydrogens (primary N) is 1. The van der Waals surface area contributed by atoms with Crippen molar-refractivity contribution in [3.63, 3.8) is 0 Å². The van der Waals surface area contributed by atoms with Crippen LogP contribution in [0.3, 0.4) is 0 Å². The van der Waals surface area contributed by atoms with Gasteiger partial charge >= 0.3 is 0 Å². The first kappa shape index (κ1) is 13.8. The Hall–Kier alpha value is -2.14. The predicted molar refractivity (Wildman–Crippen MR) is 84.5 cm³/mol. The zero-order valence-electron chi connectivity index (χ0n) is 11.1. The fraction of sp³-hybridized carbons (Fsp3) is 0.125. The van der Waals surface area contributed by atoms with Gasteiger partial charge in [0.15, 0.2) is 0 Å². The quantitative estimate of drug-likeness (QED) is 0.889. The molecule has 21 heavy (non-hydrogen) atoms. The summed E-state index contributed by atoms with van der Waals surface area (Å²) >= 11 is 3.46. The van der Waals surface area contributed by atoms with Crippen molar-refractivity contribution in [2.45, 2.75) is 12.8 Å². The van der Waals surface area contributed by atoms with Crippen molar-refractivity contribution < 1.29 is 9.59 Å². The molecule has 0 aliphatic carbocycles. The topological polar surface area (TPSA) is 74.3 Å². The molecular formula is C16H12BrN2O2. The summed E-state index contributed by atoms with van der Waals surface area (Å²) in [6.45, 7) is 0. The van der Waals surface area contributed by atoms with Crippen molar-refractivity contribution in [3.8, 4) is 0 Å². The van der Waals surface area contributed by atoms with Gasteiger partial charge in [0.25, 0.3) is 5.91 Å². The number of nitrogens with zero attached hydrogens (tertiary/aromatic N) is 1. The van der Waals surface area contributed by atoms with Gasteiger partial charge in [-0.3, -0.25) is 9.59 Å². The molecule has 4 nitrogen and oxygen atoms in total. The third-order valence-electron chi connectivity index (χ3n) is 3.50. The van der Waals surface area contributed by atoms with E-state index < -0.39 is 0 Å². The minimum Gasteiger partial charge on any atom is -0.370 e. The third kappa shape index (κ3) is 2.69. The highest BCUT2D eigenvalue weighted by Crippen LogP contribution is 2.20. The lowest BCUT2D eigenvalue weighted by molar-refractivity contribution is -0.118. The van der Waals surface area contributed by atoms with Gasteiger partial charge in [-0.1, -0.05) is 28.1 Å². The van der Waals surface area contributed by atoms with E-state index in [0.29, 0.717) is 6.42 Å². The van der Waals surface area contributed by atoms with Crippen LogP contribution < -0.4 is 21.5 Å². The van der Waals surface area contributed by atoms with Gasteiger partial charge < -0.3 is 5.73 Å². The number of hydrogen-bond acceptors (Lipinski definition) is 2. The first-order chi connectivity index (χ1) is 10.0. The number of amides is 2. The van der Waals surface area contributed by atoms with Crippen LogP contribution >= 0.6 is 15.9 Å². The molecule has 2 N–H and O–H groups in total. The second-order valence-electron chi connectivity index (χ2n) is 4.94. The summed E-state index contributed by atoms with van der Waals surface area (Å²) in [5.41, 5.74) is 6.25. The van der Waals surface area contributed by atoms with E-state index in [9.17, 15) is 9.59 Å². The Morgan fingerprint density at radius 1 is 1.24 bits per heavy atom. The number of benzene rings is 2. The van der Waals surface area contributed by atoms with Crippen LogP contribution in [0.5, 0.6) is 0 Å². The maximum absolute atomic E-state index is 11.5. The number of carbonyl (C=O) groups is 2. The van der Waals surface area contributed by atoms with Gasteiger partial charge in [0.05, 0.1) is 0 Å². The van der Waals surface area contributed by atoms with Gasteiger partial charge in [0.1, 0.15) is 0 Å². The van der Waals surface area contributed by atoms with Crippen molar-refractivity contribution in [2.75, 3.05) is 0 Å². The Morgan fingerprint density at radius 2 is 2.05 bits per heavy atom. The molecule has 0 saturated heterocycles. The lowest BCUT2D eigenvalue weighted by Crippen LogP contribution is -2.34. The zero-order valence-corrected chi connectivity index (χ0v) is 12.7. The lowest BCUT2D eigenvalue weighted by atomic mass is 9.97. The number of carbonyl (C=O) groups excluding carboxylic acids is 2. The minimum atomic E-state index is -0.334. The summed E-state index contributed by atoms with van der Waals surface area (Å²) in [5, 5.41) is 7.66. The molecule has 3 rings (SSSR count). The maximum atomic E-state index is 11.5. The van der Waals surface area contributed by atoms with Crippen LogP contribution in [0, 0.1) is 0 Å². The van der Waals surface area contributed by atoms with Crippen molar-refractivity contribution in [3.05, 3.63) is 44.7 Å². The monoisotopic (exact) mass is 343 g/mol. The number of rotatable bonds is 3. The molecule has 0 aromatic heterocycles. The molecule has 0 fully saturated rings. The van der Waals surface area contributed by atoms with Crippen molar-refractivity contribution in [1.29, 1.82) is 0 Å². The number of halogens is 1. The van der Waals surface area contributed by atoms with Crippen LogP contribution in [0.15, 0.2) is 28.7 Å². The van der Waals surface area contributed by atoms with Crippen molar-refractivity contribution >= 4 is 50.8 Å². The van der Waals surface area contributed by atoms with E-state index in [0.717, 1.165) is 31.2 Å². The Morgan fingerprint density at radius 3 is 2.81 bits per heavy atom. The summed E-state index contributed by atoms with van der Waals surface area (Å²) in [6, 6.07) is 7.90. The number of hydrogen-bond donors (Lipinski definition) is 1. The van der Waals surface area contributed by atoms with Crippen LogP contribution in [0.4, 0.5) is 0 Å². The van der Waals surface area contributed by atoms with E-state index in [1.54, 1.807) is 6.20 Å². The summed E-state index contributed by atoms with van der Waals surface area (Å²) < 4.78 is 0.953. The Balaban J connectivity index is 2.32. The second-order valence-corrected chi connectivity index (χ2v) is 5.85. The lowest BCUT2D eigenvalue weighted by Gasteiger charge is -2.10. The zero-order chi connectivity index (χ0) is 15.0. The Labute approximate surface area is 129 Å². The van der Waals surface area contributed by atoms with E-state index in [4.69, 9.17) is 5.73 Å². The number of primary amides is 1. The Bertz CT molecular complexity index is 887. The molecule has 0 spiro atoms. The van der Waals surface area contributed by atoms with Crippen molar-refractivity contribution in [1.82, 2.24) is 5.32 Å². The normalized spacial score (nSPS) is 13.1. The molecule has 2 aromatic carbocycles. The highest BCUT2D eigenvalue weighted by atomic mass is 79.9. The standard InChI is InChI=1S/C16H12BrN2O2/c17-11-2-3-12-9(1-4-15(18)20)5-10-6-16(21)19-8-14(10)13(12)7-11/h2-3,5-8H,1,4H2,(H2,18,20). The summed E-state index contributed by atoms with van der Waals surface area (Å²) in [6.07, 6.45) is 3.96. The second kappa shape index (κ2) is 5.33. The summed E-state index contributed by atoms with van der Waals surface area (Å²) in [5.74, 6) is -0.600. The van der Waals surface area contributed by atoms with Gasteiger partial charge in [0, 0.05) is 28.4 Å². The number of fused-ring (bicyclic) bond motifs is 3. The fourth-order valence-corrected chi connectivity index (χ4v) is 2.91. The van der Waals surface area contributed by atoms with Gasteiger partial charge in [0.2, 0.25) is 5.91 Å². The first-order valence-corrected chi connectivity index (χ1v) is 7.30. The van der Waals surface area contributed by atoms with E-state index in [1.807, 2.05) is 24.3 Å². The molecule has 2 aromatic rings. The maximum Gasteiger partial charge on any atom is 0.270 e. The largest absolute Gasteiger partial charge is 0.370 e. The van der Waals surface area contributed by atoms with Crippen LogP contribution in [0.2, 0.25) is 0 Å². The van der Waals surface area contributed by atoms with Crippen molar-refractivity contribution in [2.24, 2.45) is 5.73 Å². The third-order valence-corrected chi connectivity index (χ3v) is 3.99. The molecule has 5 heteroatoms. The molecule has 0 unspecified atom stereocenters. The molecular weight excluding hydrogens is 332 g/mol. The predicted octanol–water partition coefficient (Wildman–Crippen LogP) is 0.683. The minimum absolute atomic E-state index is 0.266. The van der Waals surface area contributed by atoms with Gasteiger partial charge in [-0.15, -0.1) is 0 Å². The van der Waals surface area contributed by atoms with Gasteiger partial charge in [-0.05, 0) is 40.1 Å². The first-order valence-electron chi connectivity index (χ1n) is 6.51. The number of aryl methyl sites for hydroxylation is 1. The van der Waals surface area contributed by atoms with E-state index in [1.165, 1.54) is 6.08 Å². The molecule has 1 radical (unpaired) electrons. The molecule has 0 bridgehead atoms. The van der Waals surface area contributed by atoms with Gasteiger partial charge in [-0.25, -0.2) is 5.32 Å². The Kier molecular flexibility index (Phi) is 3.51. The molecule has 0 atom stereocenters. The molecule has 105 valence electrons. The molecule has 1 aliphatic heterocycles. The average Bonchev–Trinajstić information content (AvgIpc) is 2.44. The molecule has 1 heterocycles. The molecule has 0 saturated carbocycles. The highest BCUT2D eigenvalue weighted by molar-refractivity contribution is 9.10. The fourth-order valence-electron chi connectivity index (χ4n) is 2.54. The smallest absolute Gasteiger partial charge is 0.270 e. The van der Waals surface area contributed by atoms with E-state index >= 15 is 0 Å². The average molecular weight is 344 g/mol. The molecule has 1 aliphatic rings. The molecule has 2 amide bonds. The summed E-state index contributed by atoms with van der Waals surface area (Å²) in [4.78, 5) is 22.5. The van der Waals surface area contributed by atoms with Crippen LogP contribution in [0.1, 0.15) is 12.0 Å². The van der Waals surface area contributed by atoms with E-state index in [2.05, 4.69) is 21.2 Å². The van der Waals surface area contributed by atoms with Crippen LogP contribution in [-0.2, 0) is 16.0 Å². The summed E-state index contributed by atoms with van der Waals surface area (Å²) in [7, 11) is 0. The van der Waals surface area contributed by atoms with Crippen LogP contribution in [-0.4, -0.2) is 11.8 Å². The van der Waals surface area contributed by atoms with E-state index in [-0.39, 0.29) is 18.2 Å². The highest BCUT2D eigenvalue weighted by Gasteiger charge is 2.10.